The number of carbonyl (C=O) groups is 2. The fraction of sp³-hybridized carbons (Fsp3) is 0.435. The predicted octanol–water partition coefficient (Wildman–Crippen LogP) is 2.99. The molecule has 3 heterocycles. The standard InChI is InChI=1S/C23H25N5O3S/c1-23(2,3)13-8-9-14-17(10-13)32-21-20(14)22(31)28(26-25-21)12-19(30)27-11-18(29)24-15-6-4-5-7-16(15)27/h4-7,13H,8-12H2,1-3H3,(H,24,29)/t13-/m1/s1. The summed E-state index contributed by atoms with van der Waals surface area (Å²) in [4.78, 5) is 41.7. The number of hydrogen-bond acceptors (Lipinski definition) is 6. The molecule has 3 aromatic rings. The molecule has 9 heteroatoms. The number of benzene rings is 1. The summed E-state index contributed by atoms with van der Waals surface area (Å²) in [5.74, 6) is -0.0867. The number of thiophene rings is 1. The molecule has 5 rings (SSSR count). The summed E-state index contributed by atoms with van der Waals surface area (Å²) < 4.78 is 1.13. The third-order valence-electron chi connectivity index (χ3n) is 6.52. The summed E-state index contributed by atoms with van der Waals surface area (Å²) in [5, 5.41) is 11.7. The molecule has 1 aliphatic carbocycles. The van der Waals surface area contributed by atoms with Gasteiger partial charge < -0.3 is 5.32 Å². The Morgan fingerprint density at radius 3 is 2.81 bits per heavy atom. The Hall–Kier alpha value is -3.07. The van der Waals surface area contributed by atoms with E-state index < -0.39 is 0 Å². The lowest BCUT2D eigenvalue weighted by atomic mass is 9.72. The van der Waals surface area contributed by atoms with Crippen LogP contribution in [0.5, 0.6) is 0 Å². The number of para-hydroxylation sites is 2. The molecule has 0 unspecified atom stereocenters. The molecule has 2 aliphatic rings. The first-order valence-corrected chi connectivity index (χ1v) is 11.6. The Balaban J connectivity index is 1.46. The molecule has 0 saturated heterocycles. The molecule has 0 bridgehead atoms. The number of hydrogen-bond donors (Lipinski definition) is 1. The van der Waals surface area contributed by atoms with Crippen LogP contribution in [0.3, 0.4) is 0 Å². The van der Waals surface area contributed by atoms with Gasteiger partial charge in [-0.15, -0.1) is 16.4 Å². The lowest BCUT2D eigenvalue weighted by Gasteiger charge is -2.33. The molecule has 0 saturated carbocycles. The van der Waals surface area contributed by atoms with Gasteiger partial charge in [-0.2, -0.15) is 0 Å². The van der Waals surface area contributed by atoms with Crippen LogP contribution in [-0.4, -0.2) is 33.4 Å². The highest BCUT2D eigenvalue weighted by Gasteiger charge is 2.32. The molecule has 0 spiro atoms. The van der Waals surface area contributed by atoms with Crippen molar-refractivity contribution in [1.29, 1.82) is 0 Å². The molecule has 2 aromatic heterocycles. The van der Waals surface area contributed by atoms with E-state index in [1.165, 1.54) is 9.78 Å². The van der Waals surface area contributed by atoms with Crippen LogP contribution in [0.25, 0.3) is 10.2 Å². The third kappa shape index (κ3) is 3.50. The van der Waals surface area contributed by atoms with E-state index in [-0.39, 0.29) is 35.9 Å². The fourth-order valence-corrected chi connectivity index (χ4v) is 5.87. The topological polar surface area (TPSA) is 97.2 Å². The van der Waals surface area contributed by atoms with Crippen molar-refractivity contribution in [3.63, 3.8) is 0 Å². The lowest BCUT2D eigenvalue weighted by Crippen LogP contribution is -2.45. The number of aromatic nitrogens is 3. The monoisotopic (exact) mass is 451 g/mol. The van der Waals surface area contributed by atoms with Gasteiger partial charge in [-0.1, -0.05) is 38.1 Å². The maximum atomic E-state index is 13.3. The number of fused-ring (bicyclic) bond motifs is 4. The largest absolute Gasteiger partial charge is 0.323 e. The average Bonchev–Trinajstić information content (AvgIpc) is 3.13. The van der Waals surface area contributed by atoms with E-state index in [2.05, 4.69) is 36.4 Å². The maximum absolute atomic E-state index is 13.3. The summed E-state index contributed by atoms with van der Waals surface area (Å²) in [6.07, 6.45) is 2.81. The Morgan fingerprint density at radius 2 is 2.03 bits per heavy atom. The van der Waals surface area contributed by atoms with Gasteiger partial charge in [-0.3, -0.25) is 19.3 Å². The van der Waals surface area contributed by atoms with Crippen LogP contribution in [0.1, 0.15) is 37.6 Å². The molecule has 0 fully saturated rings. The van der Waals surface area contributed by atoms with E-state index >= 15 is 0 Å². The average molecular weight is 452 g/mol. The van der Waals surface area contributed by atoms with E-state index in [1.54, 1.807) is 35.6 Å². The van der Waals surface area contributed by atoms with Crippen LogP contribution < -0.4 is 15.8 Å². The van der Waals surface area contributed by atoms with Crippen LogP contribution in [0, 0.1) is 11.3 Å². The van der Waals surface area contributed by atoms with Crippen LogP contribution >= 0.6 is 11.3 Å². The number of aryl methyl sites for hydroxylation is 1. The van der Waals surface area contributed by atoms with Crippen LogP contribution in [0.2, 0.25) is 0 Å². The molecule has 166 valence electrons. The number of carbonyl (C=O) groups excluding carboxylic acids is 2. The molecule has 2 amide bonds. The van der Waals surface area contributed by atoms with Gasteiger partial charge in [0.25, 0.3) is 5.56 Å². The van der Waals surface area contributed by atoms with Gasteiger partial charge in [0.2, 0.25) is 11.8 Å². The first kappa shape index (κ1) is 20.8. The minimum absolute atomic E-state index is 0.0949. The highest BCUT2D eigenvalue weighted by molar-refractivity contribution is 7.18. The summed E-state index contributed by atoms with van der Waals surface area (Å²) in [5.41, 5.74) is 2.18. The molecule has 1 aromatic carbocycles. The van der Waals surface area contributed by atoms with Crippen LogP contribution in [-0.2, 0) is 29.0 Å². The van der Waals surface area contributed by atoms with Gasteiger partial charge in [-0.25, -0.2) is 4.68 Å². The Morgan fingerprint density at radius 1 is 1.25 bits per heavy atom. The zero-order chi connectivity index (χ0) is 22.6. The van der Waals surface area contributed by atoms with Crippen molar-refractivity contribution < 1.29 is 9.59 Å². The first-order chi connectivity index (χ1) is 15.2. The molecule has 1 aliphatic heterocycles. The zero-order valence-corrected chi connectivity index (χ0v) is 19.2. The Bertz CT molecular complexity index is 1300. The minimum atomic E-state index is -0.375. The zero-order valence-electron chi connectivity index (χ0n) is 18.3. The van der Waals surface area contributed by atoms with Crippen molar-refractivity contribution in [3.8, 4) is 0 Å². The van der Waals surface area contributed by atoms with E-state index in [9.17, 15) is 14.4 Å². The molecule has 1 N–H and O–H groups in total. The quantitative estimate of drug-likeness (QED) is 0.646. The van der Waals surface area contributed by atoms with Gasteiger partial charge in [0.1, 0.15) is 13.1 Å². The van der Waals surface area contributed by atoms with E-state index in [1.807, 2.05) is 0 Å². The van der Waals surface area contributed by atoms with Crippen molar-refractivity contribution >= 4 is 44.7 Å². The van der Waals surface area contributed by atoms with Gasteiger partial charge >= 0.3 is 0 Å². The highest BCUT2D eigenvalue weighted by Crippen LogP contribution is 2.41. The van der Waals surface area contributed by atoms with Crippen molar-refractivity contribution in [2.45, 2.75) is 46.6 Å². The first-order valence-electron chi connectivity index (χ1n) is 10.8. The Kier molecular flexibility index (Phi) is 4.88. The summed E-state index contributed by atoms with van der Waals surface area (Å²) in [6.45, 7) is 6.41. The third-order valence-corrected chi connectivity index (χ3v) is 7.66. The number of rotatable bonds is 2. The number of amides is 2. The van der Waals surface area contributed by atoms with Crippen LogP contribution in [0.15, 0.2) is 29.1 Å². The lowest BCUT2D eigenvalue weighted by molar-refractivity contribution is -0.122. The molecule has 32 heavy (non-hydrogen) atoms. The summed E-state index contributed by atoms with van der Waals surface area (Å²) in [6, 6.07) is 7.11. The molecule has 1 atom stereocenters. The normalized spacial score (nSPS) is 18.3. The van der Waals surface area contributed by atoms with E-state index in [0.29, 0.717) is 27.5 Å². The number of nitrogens with zero attached hydrogens (tertiary/aromatic N) is 4. The van der Waals surface area contributed by atoms with Crippen molar-refractivity contribution in [1.82, 2.24) is 15.0 Å². The van der Waals surface area contributed by atoms with Gasteiger partial charge in [0, 0.05) is 4.88 Å². The molecule has 8 nitrogen and oxygen atoms in total. The SMILES string of the molecule is CC(C)(C)[C@@H]1CCc2c(sc3nnn(CC(=O)N4CC(=O)Nc5ccccc54)c(=O)c23)C1. The van der Waals surface area contributed by atoms with Crippen molar-refractivity contribution in [2.75, 3.05) is 16.8 Å². The minimum Gasteiger partial charge on any atom is -0.323 e. The van der Waals surface area contributed by atoms with Gasteiger partial charge in [-0.05, 0) is 48.3 Å². The van der Waals surface area contributed by atoms with Crippen molar-refractivity contribution in [3.05, 3.63) is 45.1 Å². The fourth-order valence-electron chi connectivity index (χ4n) is 4.64. The second-order valence-corrected chi connectivity index (χ2v) is 10.7. The number of anilines is 2. The van der Waals surface area contributed by atoms with E-state index in [0.717, 1.165) is 29.5 Å². The smallest absolute Gasteiger partial charge is 0.279 e. The summed E-state index contributed by atoms with van der Waals surface area (Å²) >= 11 is 1.55. The highest BCUT2D eigenvalue weighted by atomic mass is 32.1. The number of nitrogens with one attached hydrogen (secondary N) is 1. The predicted molar refractivity (Wildman–Crippen MR) is 124 cm³/mol. The van der Waals surface area contributed by atoms with E-state index in [4.69, 9.17) is 0 Å². The second-order valence-electron chi connectivity index (χ2n) is 9.59. The van der Waals surface area contributed by atoms with Crippen molar-refractivity contribution in [2.24, 2.45) is 11.3 Å². The van der Waals surface area contributed by atoms with Crippen LogP contribution in [0.4, 0.5) is 11.4 Å². The van der Waals surface area contributed by atoms with Gasteiger partial charge in [0.15, 0.2) is 4.83 Å². The summed E-state index contributed by atoms with van der Waals surface area (Å²) in [7, 11) is 0. The molecular weight excluding hydrogens is 426 g/mol. The Labute approximate surface area is 189 Å². The van der Waals surface area contributed by atoms with Gasteiger partial charge in [0.05, 0.1) is 16.8 Å². The molecular formula is C23H25N5O3S. The maximum Gasteiger partial charge on any atom is 0.279 e. The molecule has 0 radical (unpaired) electrons. The second kappa shape index (κ2) is 7.51.